The second-order valence-corrected chi connectivity index (χ2v) is 12.2. The van der Waals surface area contributed by atoms with Crippen LogP contribution >= 0.6 is 0 Å². The monoisotopic (exact) mass is 547 g/mol. The molecule has 1 N–H and O–H groups in total. The van der Waals surface area contributed by atoms with Crippen molar-refractivity contribution in [2.45, 2.75) is 58.7 Å². The van der Waals surface area contributed by atoms with Gasteiger partial charge < -0.3 is 24.4 Å². The van der Waals surface area contributed by atoms with Gasteiger partial charge in [0, 0.05) is 31.1 Å². The summed E-state index contributed by atoms with van der Waals surface area (Å²) in [7, 11) is -2.06. The summed E-state index contributed by atoms with van der Waals surface area (Å²) in [6, 6.07) is 11.5. The first-order valence-corrected chi connectivity index (χ1v) is 14.2. The summed E-state index contributed by atoms with van der Waals surface area (Å²) in [5.74, 6) is 1.13. The second kappa shape index (κ2) is 11.9. The van der Waals surface area contributed by atoms with Crippen molar-refractivity contribution in [3.63, 3.8) is 0 Å². The Kier molecular flexibility index (Phi) is 9.14. The first-order chi connectivity index (χ1) is 17.8. The summed E-state index contributed by atoms with van der Waals surface area (Å²) in [5.41, 5.74) is 0.776. The average Bonchev–Trinajstić information content (AvgIpc) is 3.31. The van der Waals surface area contributed by atoms with Gasteiger partial charge in [-0.25, -0.2) is 8.42 Å². The van der Waals surface area contributed by atoms with Crippen LogP contribution in [0.1, 0.15) is 46.1 Å². The van der Waals surface area contributed by atoms with Crippen molar-refractivity contribution in [1.82, 2.24) is 10.2 Å². The number of carbonyl (C=O) groups is 2. The van der Waals surface area contributed by atoms with Gasteiger partial charge in [0.05, 0.1) is 19.1 Å². The molecule has 0 saturated carbocycles. The van der Waals surface area contributed by atoms with E-state index in [4.69, 9.17) is 14.2 Å². The predicted octanol–water partition coefficient (Wildman–Crippen LogP) is 3.30. The molecule has 2 aromatic carbocycles. The number of amides is 2. The highest BCUT2D eigenvalue weighted by atomic mass is 32.2. The molecule has 2 amide bonds. The number of fused-ring (bicyclic) bond motifs is 1. The number of nitrogens with one attached hydrogen (secondary N) is 1. The summed E-state index contributed by atoms with van der Waals surface area (Å²) in [6.45, 7) is 7.68. The summed E-state index contributed by atoms with van der Waals surface area (Å²) >= 11 is 0. The molecule has 1 heterocycles. The van der Waals surface area contributed by atoms with Crippen molar-refractivity contribution in [3.8, 4) is 17.2 Å². The van der Waals surface area contributed by atoms with Crippen LogP contribution in [0.5, 0.6) is 17.2 Å². The molecular formula is C27H37N3O7S. The van der Waals surface area contributed by atoms with Gasteiger partial charge in [0.2, 0.25) is 28.6 Å². The van der Waals surface area contributed by atoms with Crippen LogP contribution in [0.4, 0.5) is 5.69 Å². The molecule has 0 aromatic heterocycles. The maximum atomic E-state index is 13.4. The fourth-order valence-corrected chi connectivity index (χ4v) is 5.03. The number of nitrogens with zero attached hydrogens (tertiary/aromatic N) is 2. The largest absolute Gasteiger partial charge is 0.497 e. The van der Waals surface area contributed by atoms with E-state index in [0.717, 1.165) is 11.8 Å². The Labute approximate surface area is 224 Å². The Morgan fingerprint density at radius 3 is 2.47 bits per heavy atom. The summed E-state index contributed by atoms with van der Waals surface area (Å²) in [4.78, 5) is 27.9. The minimum absolute atomic E-state index is 0.0493. The van der Waals surface area contributed by atoms with Crippen LogP contribution < -0.4 is 23.8 Å². The number of ether oxygens (including phenoxy) is 3. The van der Waals surface area contributed by atoms with Crippen molar-refractivity contribution in [1.29, 1.82) is 0 Å². The number of methoxy groups -OCH3 is 1. The van der Waals surface area contributed by atoms with Crippen LogP contribution in [-0.2, 0) is 26.2 Å². The Hall–Kier alpha value is -3.47. The van der Waals surface area contributed by atoms with E-state index in [2.05, 4.69) is 5.32 Å². The Morgan fingerprint density at radius 2 is 1.82 bits per heavy atom. The summed E-state index contributed by atoms with van der Waals surface area (Å²) < 4.78 is 42.4. The number of carbonyl (C=O) groups excluding carboxylic acids is 2. The van der Waals surface area contributed by atoms with Gasteiger partial charge in [-0.05, 0) is 63.9 Å². The summed E-state index contributed by atoms with van der Waals surface area (Å²) in [5, 5.41) is 2.93. The molecule has 2 aromatic rings. The third-order valence-corrected chi connectivity index (χ3v) is 7.14. The second-order valence-electron chi connectivity index (χ2n) is 10.3. The number of benzene rings is 2. The molecule has 1 aliphatic heterocycles. The van der Waals surface area contributed by atoms with Gasteiger partial charge in [-0.3, -0.25) is 13.9 Å². The number of hydrogen-bond donors (Lipinski definition) is 1. The van der Waals surface area contributed by atoms with Crippen LogP contribution in [0, 0.1) is 0 Å². The zero-order valence-electron chi connectivity index (χ0n) is 22.8. The fraction of sp³-hybridized carbons (Fsp3) is 0.481. The SMILES string of the molecule is COc1cccc(CN(C(=O)CCCN(c2ccc3c(c2)OCO3)S(C)(=O)=O)[C@H](C)C(=O)NC(C)(C)C)c1. The molecule has 1 aliphatic rings. The van der Waals surface area contributed by atoms with Gasteiger partial charge in [-0.2, -0.15) is 0 Å². The molecule has 11 heteroatoms. The van der Waals surface area contributed by atoms with Gasteiger partial charge in [0.15, 0.2) is 11.5 Å². The molecule has 10 nitrogen and oxygen atoms in total. The van der Waals surface area contributed by atoms with Crippen LogP contribution in [0.3, 0.4) is 0 Å². The predicted molar refractivity (Wildman–Crippen MR) is 145 cm³/mol. The lowest BCUT2D eigenvalue weighted by molar-refractivity contribution is -0.141. The van der Waals surface area contributed by atoms with Crippen molar-refractivity contribution in [2.24, 2.45) is 0 Å². The minimum atomic E-state index is -3.63. The Morgan fingerprint density at radius 1 is 1.11 bits per heavy atom. The van der Waals surface area contributed by atoms with Crippen molar-refractivity contribution in [2.75, 3.05) is 31.0 Å². The van der Waals surface area contributed by atoms with Gasteiger partial charge in [0.1, 0.15) is 11.8 Å². The molecule has 0 aliphatic carbocycles. The fourth-order valence-electron chi connectivity index (χ4n) is 4.07. The van der Waals surface area contributed by atoms with Crippen molar-refractivity contribution < 1.29 is 32.2 Å². The van der Waals surface area contributed by atoms with Crippen molar-refractivity contribution in [3.05, 3.63) is 48.0 Å². The maximum Gasteiger partial charge on any atom is 0.242 e. The standard InChI is InChI=1S/C27H37N3O7S/c1-19(26(32)28-27(2,3)4)29(17-20-9-7-10-22(15-20)35-5)25(31)11-8-14-30(38(6,33)34)21-12-13-23-24(16-21)37-18-36-23/h7,9-10,12-13,15-16,19H,8,11,14,17-18H2,1-6H3,(H,28,32)/t19-/m1/s1. The quantitative estimate of drug-likeness (QED) is 0.459. The van der Waals surface area contributed by atoms with E-state index in [1.807, 2.05) is 39.0 Å². The molecule has 3 rings (SSSR count). The molecule has 1 atom stereocenters. The van der Waals surface area contributed by atoms with Crippen molar-refractivity contribution >= 4 is 27.5 Å². The zero-order chi connectivity index (χ0) is 28.1. The van der Waals surface area contributed by atoms with E-state index in [9.17, 15) is 18.0 Å². The van der Waals surface area contributed by atoms with E-state index in [-0.39, 0.29) is 44.5 Å². The van der Waals surface area contributed by atoms with Crippen LogP contribution in [0.25, 0.3) is 0 Å². The molecule has 0 fully saturated rings. The van der Waals surface area contributed by atoms with Gasteiger partial charge in [-0.1, -0.05) is 12.1 Å². The molecule has 0 spiro atoms. The highest BCUT2D eigenvalue weighted by Gasteiger charge is 2.29. The molecule has 0 saturated heterocycles. The van der Waals surface area contributed by atoms with Crippen LogP contribution in [0.2, 0.25) is 0 Å². The van der Waals surface area contributed by atoms with Gasteiger partial charge in [0.25, 0.3) is 0 Å². The minimum Gasteiger partial charge on any atom is -0.497 e. The third kappa shape index (κ3) is 7.77. The summed E-state index contributed by atoms with van der Waals surface area (Å²) in [6.07, 6.45) is 1.42. The Balaban J connectivity index is 1.76. The van der Waals surface area contributed by atoms with E-state index in [0.29, 0.717) is 22.9 Å². The third-order valence-electron chi connectivity index (χ3n) is 5.95. The molecule has 0 radical (unpaired) electrons. The van der Waals surface area contributed by atoms with Crippen LogP contribution in [0.15, 0.2) is 42.5 Å². The first kappa shape index (κ1) is 29.1. The maximum absolute atomic E-state index is 13.4. The first-order valence-electron chi connectivity index (χ1n) is 12.4. The number of hydrogen-bond acceptors (Lipinski definition) is 7. The average molecular weight is 548 g/mol. The van der Waals surface area contributed by atoms with E-state index >= 15 is 0 Å². The number of anilines is 1. The zero-order valence-corrected chi connectivity index (χ0v) is 23.6. The normalized spacial score (nSPS) is 13.5. The molecule has 208 valence electrons. The van der Waals surface area contributed by atoms with E-state index in [1.54, 1.807) is 38.3 Å². The highest BCUT2D eigenvalue weighted by Crippen LogP contribution is 2.36. The molecular weight excluding hydrogens is 510 g/mol. The van der Waals surface area contributed by atoms with Crippen LogP contribution in [-0.4, -0.2) is 63.4 Å². The molecule has 0 unspecified atom stereocenters. The molecule has 0 bridgehead atoms. The highest BCUT2D eigenvalue weighted by molar-refractivity contribution is 7.92. The lowest BCUT2D eigenvalue weighted by atomic mass is 10.1. The van der Waals surface area contributed by atoms with Gasteiger partial charge >= 0.3 is 0 Å². The molecule has 38 heavy (non-hydrogen) atoms. The topological polar surface area (TPSA) is 114 Å². The lowest BCUT2D eigenvalue weighted by Crippen LogP contribution is -2.52. The van der Waals surface area contributed by atoms with E-state index in [1.165, 1.54) is 9.21 Å². The van der Waals surface area contributed by atoms with Gasteiger partial charge in [-0.15, -0.1) is 0 Å². The number of sulfonamides is 1. The number of rotatable bonds is 11. The van der Waals surface area contributed by atoms with E-state index < -0.39 is 21.6 Å². The Bertz CT molecular complexity index is 1260. The smallest absolute Gasteiger partial charge is 0.242 e. The lowest BCUT2D eigenvalue weighted by Gasteiger charge is -2.32.